The van der Waals surface area contributed by atoms with E-state index in [0.717, 1.165) is 0 Å². The van der Waals surface area contributed by atoms with E-state index in [2.05, 4.69) is 10.2 Å². The largest absolute Gasteiger partial charge is 0.515 e. The maximum Gasteiger partial charge on any atom is 0.515 e. The second-order valence-electron chi connectivity index (χ2n) is 4.72. The van der Waals surface area contributed by atoms with Gasteiger partial charge in [-0.15, -0.1) is 0 Å². The van der Waals surface area contributed by atoms with Crippen molar-refractivity contribution in [2.75, 3.05) is 0 Å². The van der Waals surface area contributed by atoms with E-state index >= 15 is 0 Å². The summed E-state index contributed by atoms with van der Waals surface area (Å²) in [5.41, 5.74) is -0.0339. The summed E-state index contributed by atoms with van der Waals surface area (Å²) in [6, 6.07) is 0. The Morgan fingerprint density at radius 1 is 1.27 bits per heavy atom. The molecule has 0 radical (unpaired) electrons. The Balaban J connectivity index is 2.27. The van der Waals surface area contributed by atoms with Gasteiger partial charge in [0.15, 0.2) is 0 Å². The van der Waals surface area contributed by atoms with Crippen LogP contribution in [0.2, 0.25) is 5.02 Å². The van der Waals surface area contributed by atoms with Crippen molar-refractivity contribution in [1.29, 1.82) is 0 Å². The third-order valence-electron chi connectivity index (χ3n) is 3.11. The van der Waals surface area contributed by atoms with E-state index in [1.165, 1.54) is 0 Å². The molecule has 1 aromatic heterocycles. The number of nitrogens with one attached hydrogen (secondary N) is 1. The van der Waals surface area contributed by atoms with Crippen LogP contribution < -0.4 is 5.59 Å². The van der Waals surface area contributed by atoms with Crippen LogP contribution in [0.1, 0.15) is 27.7 Å². The molecular formula is C9H14BClN2O2. The second kappa shape index (κ2) is 3.24. The number of halogens is 1. The first kappa shape index (κ1) is 11.0. The van der Waals surface area contributed by atoms with E-state index in [4.69, 9.17) is 20.9 Å². The molecule has 1 aromatic rings. The summed E-state index contributed by atoms with van der Waals surface area (Å²) in [6.07, 6.45) is 1.54. The molecule has 1 aliphatic heterocycles. The Labute approximate surface area is 94.4 Å². The summed E-state index contributed by atoms with van der Waals surface area (Å²) in [4.78, 5) is 0. The quantitative estimate of drug-likeness (QED) is 0.739. The lowest BCUT2D eigenvalue weighted by Crippen LogP contribution is -2.41. The summed E-state index contributed by atoms with van der Waals surface area (Å²) in [7, 11) is -0.468. The Bertz CT molecular complexity index is 362. The summed E-state index contributed by atoms with van der Waals surface area (Å²) in [5.74, 6) is 0. The van der Waals surface area contributed by atoms with Crippen LogP contribution in [0.25, 0.3) is 0 Å². The van der Waals surface area contributed by atoms with Crippen LogP contribution in [0.4, 0.5) is 0 Å². The number of nitrogens with zero attached hydrogens (tertiary/aromatic N) is 1. The van der Waals surface area contributed by atoms with E-state index in [1.807, 2.05) is 27.7 Å². The van der Waals surface area contributed by atoms with E-state index in [1.54, 1.807) is 6.20 Å². The van der Waals surface area contributed by atoms with Crippen molar-refractivity contribution in [3.63, 3.8) is 0 Å². The first-order chi connectivity index (χ1) is 6.83. The molecule has 1 aliphatic rings. The summed E-state index contributed by atoms with van der Waals surface area (Å²) >= 11 is 5.95. The molecule has 0 saturated carbocycles. The number of H-pyrrole nitrogens is 1. The Morgan fingerprint density at radius 2 is 1.80 bits per heavy atom. The van der Waals surface area contributed by atoms with Gasteiger partial charge in [-0.3, -0.25) is 5.10 Å². The molecule has 1 N–H and O–H groups in total. The van der Waals surface area contributed by atoms with Crippen molar-refractivity contribution < 1.29 is 9.31 Å². The van der Waals surface area contributed by atoms with Crippen LogP contribution in [-0.4, -0.2) is 28.5 Å². The lowest BCUT2D eigenvalue weighted by molar-refractivity contribution is 0.00578. The molecule has 0 aromatic carbocycles. The zero-order chi connectivity index (χ0) is 11.3. The van der Waals surface area contributed by atoms with E-state index in [9.17, 15) is 0 Å². The SMILES string of the molecule is CC1(C)OB(c2[nH]ncc2Cl)OC1(C)C. The zero-order valence-electron chi connectivity index (χ0n) is 9.30. The van der Waals surface area contributed by atoms with Crippen LogP contribution >= 0.6 is 11.6 Å². The highest BCUT2D eigenvalue weighted by Crippen LogP contribution is 2.36. The molecule has 15 heavy (non-hydrogen) atoms. The average molecular weight is 228 g/mol. The van der Waals surface area contributed by atoms with Gasteiger partial charge in [-0.25, -0.2) is 0 Å². The van der Waals surface area contributed by atoms with Crippen LogP contribution in [0, 0.1) is 0 Å². The van der Waals surface area contributed by atoms with Gasteiger partial charge in [-0.2, -0.15) is 5.10 Å². The van der Waals surface area contributed by atoms with Gasteiger partial charge in [0.1, 0.15) is 0 Å². The fourth-order valence-corrected chi connectivity index (χ4v) is 1.59. The normalized spacial score (nSPS) is 23.4. The molecule has 0 atom stereocenters. The van der Waals surface area contributed by atoms with Gasteiger partial charge < -0.3 is 9.31 Å². The highest BCUT2D eigenvalue weighted by molar-refractivity contribution is 6.64. The fourth-order valence-electron chi connectivity index (χ4n) is 1.41. The van der Waals surface area contributed by atoms with E-state index in [0.29, 0.717) is 10.6 Å². The molecule has 82 valence electrons. The predicted molar refractivity (Wildman–Crippen MR) is 59.3 cm³/mol. The van der Waals surface area contributed by atoms with Crippen molar-refractivity contribution in [3.8, 4) is 0 Å². The smallest absolute Gasteiger partial charge is 0.398 e. The third kappa shape index (κ3) is 1.69. The van der Waals surface area contributed by atoms with Gasteiger partial charge in [0, 0.05) is 0 Å². The van der Waals surface area contributed by atoms with Crippen molar-refractivity contribution in [3.05, 3.63) is 11.2 Å². The number of aromatic nitrogens is 2. The Morgan fingerprint density at radius 3 is 2.20 bits per heavy atom. The van der Waals surface area contributed by atoms with E-state index in [-0.39, 0.29) is 11.2 Å². The van der Waals surface area contributed by atoms with Crippen LogP contribution in [0.3, 0.4) is 0 Å². The topological polar surface area (TPSA) is 47.1 Å². The molecule has 1 fully saturated rings. The van der Waals surface area contributed by atoms with Crippen LogP contribution in [0.5, 0.6) is 0 Å². The standard InChI is InChI=1S/C9H14BClN2O2/c1-8(2)9(3,4)15-10(14-8)7-6(11)5-12-13-7/h5H,1-4H3,(H,12,13). The first-order valence-electron chi connectivity index (χ1n) is 4.88. The van der Waals surface area contributed by atoms with Crippen molar-refractivity contribution in [2.24, 2.45) is 0 Å². The monoisotopic (exact) mass is 228 g/mol. The maximum atomic E-state index is 5.95. The highest BCUT2D eigenvalue weighted by atomic mass is 35.5. The molecule has 0 unspecified atom stereocenters. The predicted octanol–water partition coefficient (Wildman–Crippen LogP) is 1.36. The molecule has 6 heteroatoms. The van der Waals surface area contributed by atoms with Gasteiger partial charge in [0.2, 0.25) is 0 Å². The number of aromatic amines is 1. The molecule has 0 bridgehead atoms. The summed E-state index contributed by atoms with van der Waals surface area (Å²) in [6.45, 7) is 7.99. The second-order valence-corrected chi connectivity index (χ2v) is 5.13. The van der Waals surface area contributed by atoms with Gasteiger partial charge in [-0.1, -0.05) is 11.6 Å². The van der Waals surface area contributed by atoms with Gasteiger partial charge in [0.25, 0.3) is 0 Å². The number of hydrogen-bond acceptors (Lipinski definition) is 3. The highest BCUT2D eigenvalue weighted by Gasteiger charge is 2.52. The minimum Gasteiger partial charge on any atom is -0.398 e. The molecule has 2 heterocycles. The van der Waals surface area contributed by atoms with Gasteiger partial charge >= 0.3 is 7.12 Å². The molecule has 0 aliphatic carbocycles. The molecular weight excluding hydrogens is 214 g/mol. The minimum absolute atomic E-state index is 0.355. The lowest BCUT2D eigenvalue weighted by atomic mass is 9.85. The lowest BCUT2D eigenvalue weighted by Gasteiger charge is -2.32. The fraction of sp³-hybridized carbons (Fsp3) is 0.667. The zero-order valence-corrected chi connectivity index (χ0v) is 10.1. The van der Waals surface area contributed by atoms with Crippen molar-refractivity contribution >= 4 is 24.3 Å². The Kier molecular flexibility index (Phi) is 2.37. The molecule has 4 nitrogen and oxygen atoms in total. The Hall–Kier alpha value is -0.515. The van der Waals surface area contributed by atoms with Crippen molar-refractivity contribution in [1.82, 2.24) is 10.2 Å². The maximum absolute atomic E-state index is 5.95. The van der Waals surface area contributed by atoms with Crippen molar-refractivity contribution in [2.45, 2.75) is 38.9 Å². The van der Waals surface area contributed by atoms with Crippen LogP contribution in [-0.2, 0) is 9.31 Å². The van der Waals surface area contributed by atoms with Gasteiger partial charge in [-0.05, 0) is 27.7 Å². The first-order valence-corrected chi connectivity index (χ1v) is 5.26. The average Bonchev–Trinajstić information content (AvgIpc) is 2.55. The molecule has 0 amide bonds. The third-order valence-corrected chi connectivity index (χ3v) is 3.41. The van der Waals surface area contributed by atoms with Crippen LogP contribution in [0.15, 0.2) is 6.20 Å². The minimum atomic E-state index is -0.468. The number of hydrogen-bond donors (Lipinski definition) is 1. The van der Waals surface area contributed by atoms with E-state index < -0.39 is 7.12 Å². The molecule has 1 saturated heterocycles. The summed E-state index contributed by atoms with van der Waals surface area (Å²) < 4.78 is 11.6. The molecule has 0 spiro atoms. The summed E-state index contributed by atoms with van der Waals surface area (Å²) in [5, 5.41) is 7.17. The van der Waals surface area contributed by atoms with Gasteiger partial charge in [0.05, 0.1) is 28.0 Å². The molecule has 2 rings (SSSR count). The number of rotatable bonds is 1.